The number of hydrogen-bond acceptors (Lipinski definition) is 5. The zero-order chi connectivity index (χ0) is 18.8. The third kappa shape index (κ3) is 4.34. The van der Waals surface area contributed by atoms with Crippen LogP contribution in [0.15, 0.2) is 36.5 Å². The summed E-state index contributed by atoms with van der Waals surface area (Å²) in [6.45, 7) is 0.560. The van der Waals surface area contributed by atoms with Crippen molar-refractivity contribution >= 4 is 0 Å². The van der Waals surface area contributed by atoms with Crippen molar-refractivity contribution in [1.82, 2.24) is 15.3 Å². The highest BCUT2D eigenvalue weighted by molar-refractivity contribution is 5.16. The average Bonchev–Trinajstić information content (AvgIpc) is 3.47. The van der Waals surface area contributed by atoms with E-state index in [4.69, 9.17) is 4.98 Å². The highest BCUT2D eigenvalue weighted by Crippen LogP contribution is 2.38. The van der Waals surface area contributed by atoms with Crippen molar-refractivity contribution in [3.8, 4) is 0 Å². The summed E-state index contributed by atoms with van der Waals surface area (Å²) in [6.07, 6.45) is 4.90. The lowest BCUT2D eigenvalue weighted by Crippen LogP contribution is -2.36. The Labute approximate surface area is 158 Å². The predicted octanol–water partition coefficient (Wildman–Crippen LogP) is 2.18. The zero-order valence-electron chi connectivity index (χ0n) is 15.3. The molecule has 1 aromatic heterocycles. The van der Waals surface area contributed by atoms with Gasteiger partial charge in [-0.05, 0) is 55.4 Å². The Morgan fingerprint density at radius 2 is 1.89 bits per heavy atom. The topological polar surface area (TPSA) is 78.3 Å². The molecule has 2 saturated carbocycles. The number of benzene rings is 1. The van der Waals surface area contributed by atoms with Crippen LogP contribution in [-0.2, 0) is 13.0 Å². The first-order valence-corrected chi connectivity index (χ1v) is 9.72. The molecule has 0 aliphatic heterocycles. The Balaban J connectivity index is 1.46. The molecule has 0 unspecified atom stereocenters. The van der Waals surface area contributed by atoms with Crippen LogP contribution >= 0.6 is 0 Å². The second-order valence-electron chi connectivity index (χ2n) is 7.81. The van der Waals surface area contributed by atoms with Gasteiger partial charge in [-0.2, -0.15) is 0 Å². The minimum atomic E-state index is -0.532. The van der Waals surface area contributed by atoms with Crippen LogP contribution in [0.4, 0.5) is 4.39 Å². The van der Waals surface area contributed by atoms with Crippen LogP contribution in [0.3, 0.4) is 0 Å². The molecule has 2 fully saturated rings. The molecule has 6 heteroatoms. The molecule has 3 N–H and O–H groups in total. The van der Waals surface area contributed by atoms with Crippen molar-refractivity contribution in [2.24, 2.45) is 11.8 Å². The van der Waals surface area contributed by atoms with Crippen LogP contribution in [-0.4, -0.2) is 38.9 Å². The first kappa shape index (κ1) is 18.5. The van der Waals surface area contributed by atoms with Crippen LogP contribution in [0, 0.1) is 17.7 Å². The van der Waals surface area contributed by atoms with Crippen molar-refractivity contribution < 1.29 is 14.6 Å². The van der Waals surface area contributed by atoms with Gasteiger partial charge in [0.05, 0.1) is 6.10 Å². The second kappa shape index (κ2) is 8.00. The Morgan fingerprint density at radius 1 is 1.11 bits per heavy atom. The summed E-state index contributed by atoms with van der Waals surface area (Å²) in [5.41, 5.74) is 1.97. The highest BCUT2D eigenvalue weighted by Gasteiger charge is 2.42. The van der Waals surface area contributed by atoms with E-state index in [1.54, 1.807) is 12.1 Å². The maximum absolute atomic E-state index is 13.1. The summed E-state index contributed by atoms with van der Waals surface area (Å²) < 4.78 is 13.1. The number of nitrogens with zero attached hydrogens (tertiary/aromatic N) is 2. The lowest BCUT2D eigenvalue weighted by atomic mass is 9.88. The SMILES string of the molecule is OC[C@@H]1[C@@H](Cc2ccnc(C3CC3)n2)[C@H](NCc2ccc(F)cc2)C[C@H]1O. The van der Waals surface area contributed by atoms with Gasteiger partial charge in [0.1, 0.15) is 11.6 Å². The maximum atomic E-state index is 13.1. The van der Waals surface area contributed by atoms with Crippen molar-refractivity contribution in [3.05, 3.63) is 59.4 Å². The summed E-state index contributed by atoms with van der Waals surface area (Å²) in [6, 6.07) is 8.43. The molecular formula is C21H26FN3O2. The Morgan fingerprint density at radius 3 is 2.59 bits per heavy atom. The van der Waals surface area contributed by atoms with Gasteiger partial charge in [0.25, 0.3) is 0 Å². The first-order valence-electron chi connectivity index (χ1n) is 9.72. The number of hydrogen-bond donors (Lipinski definition) is 3. The van der Waals surface area contributed by atoms with E-state index in [0.717, 1.165) is 29.9 Å². The fourth-order valence-corrected chi connectivity index (χ4v) is 4.14. The quantitative estimate of drug-likeness (QED) is 0.695. The molecule has 27 heavy (non-hydrogen) atoms. The van der Waals surface area contributed by atoms with E-state index < -0.39 is 6.10 Å². The molecule has 4 rings (SSSR count). The smallest absolute Gasteiger partial charge is 0.131 e. The monoisotopic (exact) mass is 371 g/mol. The number of aliphatic hydroxyl groups is 2. The third-order valence-electron chi connectivity index (χ3n) is 5.87. The zero-order valence-corrected chi connectivity index (χ0v) is 15.3. The molecule has 0 amide bonds. The summed E-state index contributed by atoms with van der Waals surface area (Å²) in [7, 11) is 0. The largest absolute Gasteiger partial charge is 0.396 e. The van der Waals surface area contributed by atoms with Gasteiger partial charge in [0.2, 0.25) is 0 Å². The van der Waals surface area contributed by atoms with Gasteiger partial charge >= 0.3 is 0 Å². The Hall–Kier alpha value is -1.89. The van der Waals surface area contributed by atoms with E-state index in [0.29, 0.717) is 25.3 Å². The lowest BCUT2D eigenvalue weighted by molar-refractivity contribution is 0.0716. The van der Waals surface area contributed by atoms with E-state index >= 15 is 0 Å². The molecule has 0 saturated heterocycles. The maximum Gasteiger partial charge on any atom is 0.131 e. The van der Waals surface area contributed by atoms with Gasteiger partial charge in [0.15, 0.2) is 0 Å². The van der Waals surface area contributed by atoms with Gasteiger partial charge in [0, 0.05) is 42.9 Å². The third-order valence-corrected chi connectivity index (χ3v) is 5.87. The van der Waals surface area contributed by atoms with Gasteiger partial charge in [-0.15, -0.1) is 0 Å². The van der Waals surface area contributed by atoms with Gasteiger partial charge < -0.3 is 15.5 Å². The minimum Gasteiger partial charge on any atom is -0.396 e. The molecular weight excluding hydrogens is 345 g/mol. The normalized spacial score (nSPS) is 27.8. The van der Waals surface area contributed by atoms with Gasteiger partial charge in [-0.3, -0.25) is 0 Å². The molecule has 2 aliphatic carbocycles. The molecule has 144 valence electrons. The molecule has 4 atom stereocenters. The van der Waals surface area contributed by atoms with Crippen molar-refractivity contribution in [1.29, 1.82) is 0 Å². The Bertz CT molecular complexity index is 766. The van der Waals surface area contributed by atoms with E-state index in [1.807, 2.05) is 12.3 Å². The molecule has 0 spiro atoms. The van der Waals surface area contributed by atoms with E-state index in [2.05, 4.69) is 10.3 Å². The number of halogens is 1. The summed E-state index contributed by atoms with van der Waals surface area (Å²) in [5, 5.41) is 23.7. The molecule has 2 aromatic rings. The fraction of sp³-hybridized carbons (Fsp3) is 0.524. The Kier molecular flexibility index (Phi) is 5.48. The molecule has 5 nitrogen and oxygen atoms in total. The summed E-state index contributed by atoms with van der Waals surface area (Å²) >= 11 is 0. The number of nitrogens with one attached hydrogen (secondary N) is 1. The van der Waals surface area contributed by atoms with Gasteiger partial charge in [-0.1, -0.05) is 12.1 Å². The van der Waals surface area contributed by atoms with Crippen LogP contribution < -0.4 is 5.32 Å². The van der Waals surface area contributed by atoms with E-state index in [-0.39, 0.29) is 30.3 Å². The molecule has 0 bridgehead atoms. The molecule has 1 heterocycles. The van der Waals surface area contributed by atoms with Crippen LogP contribution in [0.5, 0.6) is 0 Å². The predicted molar refractivity (Wildman–Crippen MR) is 99.4 cm³/mol. The summed E-state index contributed by atoms with van der Waals surface area (Å²) in [4.78, 5) is 9.09. The molecule has 2 aliphatic rings. The van der Waals surface area contributed by atoms with Crippen molar-refractivity contribution in [2.75, 3.05) is 6.61 Å². The van der Waals surface area contributed by atoms with Crippen LogP contribution in [0.25, 0.3) is 0 Å². The van der Waals surface area contributed by atoms with Crippen molar-refractivity contribution in [3.63, 3.8) is 0 Å². The molecule has 1 aromatic carbocycles. The number of rotatable bonds is 7. The van der Waals surface area contributed by atoms with E-state index in [9.17, 15) is 14.6 Å². The highest BCUT2D eigenvalue weighted by atomic mass is 19.1. The standard InChI is InChI=1S/C21H26FN3O2/c22-15-5-1-13(2-6-15)11-24-19-10-20(27)18(12-26)17(19)9-16-7-8-23-21(25-16)14-3-4-14/h1-2,5-8,14,17-20,24,26-27H,3-4,9-12H2/t17-,18-,19-,20-/m1/s1. The minimum absolute atomic E-state index is 0.0405. The fourth-order valence-electron chi connectivity index (χ4n) is 4.14. The molecule has 0 radical (unpaired) electrons. The first-order chi connectivity index (χ1) is 13.1. The van der Waals surface area contributed by atoms with Crippen molar-refractivity contribution in [2.45, 2.75) is 50.3 Å². The second-order valence-corrected chi connectivity index (χ2v) is 7.81. The lowest BCUT2D eigenvalue weighted by Gasteiger charge is -2.25. The number of aliphatic hydroxyl groups excluding tert-OH is 2. The summed E-state index contributed by atoms with van der Waals surface area (Å²) in [5.74, 6) is 1.09. The van der Waals surface area contributed by atoms with Crippen LogP contribution in [0.2, 0.25) is 0 Å². The number of aromatic nitrogens is 2. The van der Waals surface area contributed by atoms with E-state index in [1.165, 1.54) is 12.1 Å². The average molecular weight is 371 g/mol. The van der Waals surface area contributed by atoms with Crippen LogP contribution in [0.1, 0.15) is 42.3 Å². The van der Waals surface area contributed by atoms with Gasteiger partial charge in [-0.25, -0.2) is 14.4 Å².